The lowest BCUT2D eigenvalue weighted by Crippen LogP contribution is -2.11. The molecule has 0 fully saturated rings. The maximum Gasteiger partial charge on any atom is 0.306 e. The Morgan fingerprint density at radius 1 is 1.38 bits per heavy atom. The second kappa shape index (κ2) is 6.05. The van der Waals surface area contributed by atoms with Crippen LogP contribution in [0.3, 0.4) is 0 Å². The Balaban J connectivity index is 2.50. The molecule has 0 aromatic carbocycles. The minimum atomic E-state index is -0.335. The van der Waals surface area contributed by atoms with Crippen LogP contribution < -0.4 is 0 Å². The normalized spacial score (nSPS) is 10.1. The van der Waals surface area contributed by atoms with Crippen LogP contribution in [-0.4, -0.2) is 27.9 Å². The zero-order valence-electron chi connectivity index (χ0n) is 9.60. The molecule has 0 aliphatic rings. The molecule has 0 saturated carbocycles. The van der Waals surface area contributed by atoms with Gasteiger partial charge in [0.2, 0.25) is 0 Å². The minimum absolute atomic E-state index is 0.0765. The number of hydrogen-bond acceptors (Lipinski definition) is 4. The van der Waals surface area contributed by atoms with Gasteiger partial charge in [-0.3, -0.25) is 9.59 Å². The summed E-state index contributed by atoms with van der Waals surface area (Å²) in [6, 6.07) is 0. The lowest BCUT2D eigenvalue weighted by Gasteiger charge is -2.04. The number of carbonyl (C=O) groups excluding carboxylic acids is 2. The zero-order chi connectivity index (χ0) is 12.0. The Morgan fingerprint density at radius 2 is 2.12 bits per heavy atom. The average molecular weight is 224 g/mol. The first-order valence-electron chi connectivity index (χ1n) is 5.38. The maximum absolute atomic E-state index is 11.7. The summed E-state index contributed by atoms with van der Waals surface area (Å²) in [5.74, 6) is -0.411. The summed E-state index contributed by atoms with van der Waals surface area (Å²) in [7, 11) is 0. The highest BCUT2D eigenvalue weighted by molar-refractivity contribution is 5.95. The highest BCUT2D eigenvalue weighted by Gasteiger charge is 2.13. The van der Waals surface area contributed by atoms with Gasteiger partial charge in [-0.15, -0.1) is 0 Å². The van der Waals surface area contributed by atoms with Crippen LogP contribution in [0, 0.1) is 0 Å². The van der Waals surface area contributed by atoms with Crippen molar-refractivity contribution in [2.75, 3.05) is 6.61 Å². The maximum atomic E-state index is 11.7. The number of rotatable bonds is 6. The molecule has 1 aromatic heterocycles. The molecule has 0 atom stereocenters. The number of aryl methyl sites for hydroxylation is 1. The smallest absolute Gasteiger partial charge is 0.306 e. The van der Waals surface area contributed by atoms with Crippen molar-refractivity contribution in [2.45, 2.75) is 33.2 Å². The molecular formula is C11H16N2O3. The van der Waals surface area contributed by atoms with E-state index in [-0.39, 0.29) is 24.6 Å². The van der Waals surface area contributed by atoms with E-state index in [1.807, 2.05) is 6.92 Å². The van der Waals surface area contributed by atoms with Gasteiger partial charge in [-0.25, -0.2) is 4.98 Å². The highest BCUT2D eigenvalue weighted by atomic mass is 16.5. The number of hydrogen-bond donors (Lipinski definition) is 0. The zero-order valence-corrected chi connectivity index (χ0v) is 9.60. The van der Waals surface area contributed by atoms with Crippen molar-refractivity contribution in [1.82, 2.24) is 9.55 Å². The van der Waals surface area contributed by atoms with Gasteiger partial charge in [-0.2, -0.15) is 0 Å². The van der Waals surface area contributed by atoms with Crippen LogP contribution in [0.5, 0.6) is 0 Å². The molecule has 0 amide bonds. The molecule has 0 spiro atoms. The Kier molecular flexibility index (Phi) is 4.69. The molecule has 5 heteroatoms. The molecule has 1 aromatic rings. The number of imidazole rings is 1. The number of ether oxygens (including phenoxy) is 1. The van der Waals surface area contributed by atoms with Gasteiger partial charge in [0, 0.05) is 13.0 Å². The fraction of sp³-hybridized carbons (Fsp3) is 0.545. The first-order chi connectivity index (χ1) is 7.69. The SMILES string of the molecule is CCOC(=O)CCC(=O)c1cncn1CC. The molecule has 0 aliphatic carbocycles. The van der Waals surface area contributed by atoms with E-state index in [1.165, 1.54) is 6.20 Å². The molecule has 88 valence electrons. The predicted molar refractivity (Wildman–Crippen MR) is 58.1 cm³/mol. The van der Waals surface area contributed by atoms with E-state index in [0.717, 1.165) is 0 Å². The van der Waals surface area contributed by atoms with Crippen molar-refractivity contribution in [3.05, 3.63) is 18.2 Å². The minimum Gasteiger partial charge on any atom is -0.466 e. The van der Waals surface area contributed by atoms with Crippen LogP contribution in [0.2, 0.25) is 0 Å². The van der Waals surface area contributed by atoms with E-state index in [2.05, 4.69) is 4.98 Å². The van der Waals surface area contributed by atoms with E-state index in [1.54, 1.807) is 17.8 Å². The molecule has 1 heterocycles. The highest BCUT2D eigenvalue weighted by Crippen LogP contribution is 2.06. The molecule has 0 saturated heterocycles. The molecule has 0 aliphatic heterocycles. The number of ketones is 1. The quantitative estimate of drug-likeness (QED) is 0.541. The lowest BCUT2D eigenvalue weighted by atomic mass is 10.2. The first-order valence-corrected chi connectivity index (χ1v) is 5.38. The van der Waals surface area contributed by atoms with Gasteiger partial charge in [0.25, 0.3) is 0 Å². The Labute approximate surface area is 94.4 Å². The number of carbonyl (C=O) groups is 2. The summed E-state index contributed by atoms with van der Waals surface area (Å²) in [6.07, 6.45) is 3.43. The van der Waals surface area contributed by atoms with Crippen molar-refractivity contribution in [1.29, 1.82) is 0 Å². The molecule has 0 bridgehead atoms. The van der Waals surface area contributed by atoms with Gasteiger partial charge in [-0.1, -0.05) is 0 Å². The third-order valence-corrected chi connectivity index (χ3v) is 2.20. The topological polar surface area (TPSA) is 61.2 Å². The van der Waals surface area contributed by atoms with Crippen molar-refractivity contribution in [3.63, 3.8) is 0 Å². The largest absolute Gasteiger partial charge is 0.466 e. The van der Waals surface area contributed by atoms with Crippen LogP contribution >= 0.6 is 0 Å². The first kappa shape index (κ1) is 12.4. The van der Waals surface area contributed by atoms with Gasteiger partial charge in [0.15, 0.2) is 5.78 Å². The predicted octanol–water partition coefficient (Wildman–Crippen LogP) is 1.43. The van der Waals surface area contributed by atoms with Crippen molar-refractivity contribution in [3.8, 4) is 0 Å². The van der Waals surface area contributed by atoms with E-state index >= 15 is 0 Å². The summed E-state index contributed by atoms with van der Waals surface area (Å²) in [5, 5.41) is 0. The van der Waals surface area contributed by atoms with Gasteiger partial charge in [0.05, 0.1) is 25.6 Å². The summed E-state index contributed by atoms with van der Waals surface area (Å²) < 4.78 is 6.51. The van der Waals surface area contributed by atoms with Crippen LogP contribution in [-0.2, 0) is 16.1 Å². The van der Waals surface area contributed by atoms with Crippen LogP contribution in [0.1, 0.15) is 37.2 Å². The second-order valence-electron chi connectivity index (χ2n) is 3.29. The fourth-order valence-electron chi connectivity index (χ4n) is 1.38. The van der Waals surface area contributed by atoms with E-state index in [0.29, 0.717) is 18.8 Å². The van der Waals surface area contributed by atoms with Gasteiger partial charge in [0.1, 0.15) is 5.69 Å². The molecule has 0 unspecified atom stereocenters. The van der Waals surface area contributed by atoms with Crippen molar-refractivity contribution in [2.24, 2.45) is 0 Å². The Bertz CT molecular complexity index is 371. The lowest BCUT2D eigenvalue weighted by molar-refractivity contribution is -0.143. The van der Waals surface area contributed by atoms with Gasteiger partial charge < -0.3 is 9.30 Å². The average Bonchev–Trinajstić information content (AvgIpc) is 2.74. The number of esters is 1. The Morgan fingerprint density at radius 3 is 2.75 bits per heavy atom. The summed E-state index contributed by atoms with van der Waals surface area (Å²) >= 11 is 0. The standard InChI is InChI=1S/C11H16N2O3/c1-3-13-8-12-7-9(13)10(14)5-6-11(15)16-4-2/h7-8H,3-6H2,1-2H3. The molecule has 0 radical (unpaired) electrons. The van der Waals surface area contributed by atoms with E-state index in [4.69, 9.17) is 4.74 Å². The monoisotopic (exact) mass is 224 g/mol. The molecular weight excluding hydrogens is 208 g/mol. The molecule has 0 N–H and O–H groups in total. The second-order valence-corrected chi connectivity index (χ2v) is 3.29. The molecule has 5 nitrogen and oxygen atoms in total. The van der Waals surface area contributed by atoms with Crippen LogP contribution in [0.25, 0.3) is 0 Å². The third-order valence-electron chi connectivity index (χ3n) is 2.20. The van der Waals surface area contributed by atoms with E-state index < -0.39 is 0 Å². The molecule has 16 heavy (non-hydrogen) atoms. The van der Waals surface area contributed by atoms with Crippen molar-refractivity contribution >= 4 is 11.8 Å². The van der Waals surface area contributed by atoms with Crippen LogP contribution in [0.4, 0.5) is 0 Å². The number of aromatic nitrogens is 2. The van der Waals surface area contributed by atoms with Gasteiger partial charge >= 0.3 is 5.97 Å². The summed E-state index contributed by atoms with van der Waals surface area (Å²) in [6.45, 7) is 4.72. The number of Topliss-reactive ketones (excluding diaryl/α,β-unsaturated/α-hetero) is 1. The van der Waals surface area contributed by atoms with E-state index in [9.17, 15) is 9.59 Å². The Hall–Kier alpha value is -1.65. The fourth-order valence-corrected chi connectivity index (χ4v) is 1.38. The summed E-state index contributed by atoms with van der Waals surface area (Å²) in [5.41, 5.74) is 0.548. The summed E-state index contributed by atoms with van der Waals surface area (Å²) in [4.78, 5) is 26.7. The third kappa shape index (κ3) is 3.18. The molecule has 1 rings (SSSR count). The van der Waals surface area contributed by atoms with Gasteiger partial charge in [-0.05, 0) is 13.8 Å². The number of nitrogens with zero attached hydrogens (tertiary/aromatic N) is 2. The van der Waals surface area contributed by atoms with Crippen LogP contribution in [0.15, 0.2) is 12.5 Å². The van der Waals surface area contributed by atoms with Crippen molar-refractivity contribution < 1.29 is 14.3 Å².